The van der Waals surface area contributed by atoms with Crippen molar-refractivity contribution in [3.63, 3.8) is 0 Å². The topological polar surface area (TPSA) is 100 Å². The predicted molar refractivity (Wildman–Crippen MR) is 111 cm³/mol. The molecule has 158 valence electrons. The lowest BCUT2D eigenvalue weighted by atomic mass is 10.1. The maximum absolute atomic E-state index is 13.5. The summed E-state index contributed by atoms with van der Waals surface area (Å²) in [6.45, 7) is 6.16. The summed E-state index contributed by atoms with van der Waals surface area (Å²) in [4.78, 5) is 16.2. The van der Waals surface area contributed by atoms with E-state index >= 15 is 0 Å². The normalized spacial score (nSPS) is 11.5. The van der Waals surface area contributed by atoms with Gasteiger partial charge in [0.15, 0.2) is 0 Å². The summed E-state index contributed by atoms with van der Waals surface area (Å²) >= 11 is 0. The zero-order valence-corrected chi connectivity index (χ0v) is 17.6. The van der Waals surface area contributed by atoms with Gasteiger partial charge in [0, 0.05) is 30.9 Å². The number of rotatable bonds is 10. The molecule has 0 aliphatic carbocycles. The van der Waals surface area contributed by atoms with Crippen molar-refractivity contribution in [2.24, 2.45) is 0 Å². The van der Waals surface area contributed by atoms with E-state index in [1.165, 1.54) is 18.3 Å². The molecule has 7 nitrogen and oxygen atoms in total. The van der Waals surface area contributed by atoms with E-state index in [9.17, 15) is 17.6 Å². The van der Waals surface area contributed by atoms with Crippen molar-refractivity contribution in [1.29, 1.82) is 0 Å². The molecule has 0 saturated carbocycles. The fraction of sp³-hybridized carbons (Fsp3) is 0.400. The van der Waals surface area contributed by atoms with Gasteiger partial charge in [-0.1, -0.05) is 19.9 Å². The number of anilines is 1. The first kappa shape index (κ1) is 22.8. The van der Waals surface area contributed by atoms with Gasteiger partial charge in [-0.3, -0.25) is 4.79 Å². The Hall–Kier alpha value is -2.52. The second kappa shape index (κ2) is 10.3. The Balaban J connectivity index is 1.84. The molecule has 2 rings (SSSR count). The van der Waals surface area contributed by atoms with Gasteiger partial charge in [0.1, 0.15) is 16.5 Å². The summed E-state index contributed by atoms with van der Waals surface area (Å²) in [7, 11) is -3.60. The SMILES string of the molecule is CCC(CC)NS(=O)(=O)c1ccc(NCCNC(=O)c2ccc(C)c(F)c2)nc1. The van der Waals surface area contributed by atoms with Gasteiger partial charge in [0.05, 0.1) is 0 Å². The van der Waals surface area contributed by atoms with Crippen molar-refractivity contribution in [3.8, 4) is 0 Å². The number of pyridine rings is 1. The van der Waals surface area contributed by atoms with Crippen LogP contribution in [0.5, 0.6) is 0 Å². The molecule has 0 unspecified atom stereocenters. The minimum absolute atomic E-state index is 0.102. The number of hydrogen-bond donors (Lipinski definition) is 3. The van der Waals surface area contributed by atoms with Crippen LogP contribution >= 0.6 is 0 Å². The predicted octanol–water partition coefficient (Wildman–Crippen LogP) is 2.84. The number of halogens is 1. The molecular weight excluding hydrogens is 395 g/mol. The number of amides is 1. The molecule has 0 atom stereocenters. The zero-order chi connectivity index (χ0) is 21.4. The number of aromatic nitrogens is 1. The summed E-state index contributed by atoms with van der Waals surface area (Å²) in [5.41, 5.74) is 0.737. The quantitative estimate of drug-likeness (QED) is 0.511. The Morgan fingerprint density at radius 3 is 2.45 bits per heavy atom. The lowest BCUT2D eigenvalue weighted by molar-refractivity contribution is 0.0954. The third-order valence-electron chi connectivity index (χ3n) is 4.50. The summed E-state index contributed by atoms with van der Waals surface area (Å²) in [5, 5.41) is 5.68. The fourth-order valence-electron chi connectivity index (χ4n) is 2.59. The van der Waals surface area contributed by atoms with E-state index in [0.717, 1.165) is 0 Å². The third-order valence-corrected chi connectivity index (χ3v) is 6.01. The molecule has 9 heteroatoms. The average Bonchev–Trinajstić information content (AvgIpc) is 2.71. The van der Waals surface area contributed by atoms with E-state index in [-0.39, 0.29) is 22.4 Å². The molecule has 0 bridgehead atoms. The standard InChI is InChI=1S/C20H27FN4O3S/c1-4-16(5-2)25-29(27,28)17-8-9-19(24-13-17)22-10-11-23-20(26)15-7-6-14(3)18(21)12-15/h6-9,12-13,16,25H,4-5,10-11H2,1-3H3,(H,22,24)(H,23,26). The number of carbonyl (C=O) groups is 1. The summed E-state index contributed by atoms with van der Waals surface area (Å²) in [6.07, 6.45) is 2.72. The van der Waals surface area contributed by atoms with Crippen LogP contribution in [0.1, 0.15) is 42.6 Å². The Morgan fingerprint density at radius 1 is 1.14 bits per heavy atom. The summed E-state index contributed by atoms with van der Waals surface area (Å²) in [6, 6.07) is 7.27. The average molecular weight is 423 g/mol. The van der Waals surface area contributed by atoms with Crippen LogP contribution in [0.2, 0.25) is 0 Å². The minimum atomic E-state index is -3.60. The molecular formula is C20H27FN4O3S. The molecule has 3 N–H and O–H groups in total. The Kier molecular flexibility index (Phi) is 8.10. The monoisotopic (exact) mass is 422 g/mol. The first-order chi connectivity index (χ1) is 13.8. The molecule has 1 aromatic heterocycles. The third kappa shape index (κ3) is 6.50. The number of nitrogens with zero attached hydrogens (tertiary/aromatic N) is 1. The van der Waals surface area contributed by atoms with Gasteiger partial charge in [0.2, 0.25) is 10.0 Å². The van der Waals surface area contributed by atoms with E-state index in [2.05, 4.69) is 20.3 Å². The lowest BCUT2D eigenvalue weighted by Gasteiger charge is -2.15. The first-order valence-electron chi connectivity index (χ1n) is 9.53. The second-order valence-electron chi connectivity index (χ2n) is 6.66. The van der Waals surface area contributed by atoms with Gasteiger partial charge < -0.3 is 10.6 Å². The van der Waals surface area contributed by atoms with Crippen molar-refractivity contribution >= 4 is 21.7 Å². The molecule has 0 spiro atoms. The molecule has 0 saturated heterocycles. The molecule has 0 radical (unpaired) electrons. The van der Waals surface area contributed by atoms with Crippen LogP contribution in [0, 0.1) is 12.7 Å². The molecule has 29 heavy (non-hydrogen) atoms. The molecule has 0 aliphatic rings. The van der Waals surface area contributed by atoms with Crippen LogP contribution in [0.4, 0.5) is 10.2 Å². The van der Waals surface area contributed by atoms with E-state index < -0.39 is 15.8 Å². The van der Waals surface area contributed by atoms with Crippen molar-refractivity contribution in [1.82, 2.24) is 15.0 Å². The van der Waals surface area contributed by atoms with Crippen molar-refractivity contribution in [2.45, 2.75) is 44.6 Å². The Morgan fingerprint density at radius 2 is 1.86 bits per heavy atom. The van der Waals surface area contributed by atoms with E-state index in [1.807, 2.05) is 13.8 Å². The summed E-state index contributed by atoms with van der Waals surface area (Å²) < 4.78 is 40.9. The van der Waals surface area contributed by atoms with Gasteiger partial charge in [0.25, 0.3) is 5.91 Å². The molecule has 0 fully saturated rings. The van der Waals surface area contributed by atoms with Crippen LogP contribution in [0.3, 0.4) is 0 Å². The second-order valence-corrected chi connectivity index (χ2v) is 8.37. The zero-order valence-electron chi connectivity index (χ0n) is 16.8. The molecule has 0 aliphatic heterocycles. The maximum atomic E-state index is 13.5. The Labute approximate surface area is 171 Å². The highest BCUT2D eigenvalue weighted by molar-refractivity contribution is 7.89. The van der Waals surface area contributed by atoms with Gasteiger partial charge in [-0.15, -0.1) is 0 Å². The van der Waals surface area contributed by atoms with Crippen LogP contribution in [0.25, 0.3) is 0 Å². The smallest absolute Gasteiger partial charge is 0.251 e. The van der Waals surface area contributed by atoms with Crippen molar-refractivity contribution in [2.75, 3.05) is 18.4 Å². The number of carbonyl (C=O) groups excluding carboxylic acids is 1. The van der Waals surface area contributed by atoms with Gasteiger partial charge in [-0.2, -0.15) is 0 Å². The number of sulfonamides is 1. The number of benzene rings is 1. The summed E-state index contributed by atoms with van der Waals surface area (Å²) in [5.74, 6) is -0.302. The lowest BCUT2D eigenvalue weighted by Crippen LogP contribution is -2.33. The van der Waals surface area contributed by atoms with Crippen LogP contribution < -0.4 is 15.4 Å². The van der Waals surface area contributed by atoms with E-state index in [0.29, 0.717) is 37.3 Å². The highest BCUT2D eigenvalue weighted by Crippen LogP contribution is 2.12. The van der Waals surface area contributed by atoms with Gasteiger partial charge in [-0.25, -0.2) is 22.5 Å². The van der Waals surface area contributed by atoms with Gasteiger partial charge >= 0.3 is 0 Å². The maximum Gasteiger partial charge on any atom is 0.251 e. The minimum Gasteiger partial charge on any atom is -0.368 e. The van der Waals surface area contributed by atoms with E-state index in [1.54, 1.807) is 25.1 Å². The van der Waals surface area contributed by atoms with Crippen LogP contribution in [0.15, 0.2) is 41.4 Å². The number of aryl methyl sites for hydroxylation is 1. The first-order valence-corrected chi connectivity index (χ1v) is 11.0. The highest BCUT2D eigenvalue weighted by atomic mass is 32.2. The van der Waals surface area contributed by atoms with Crippen LogP contribution in [-0.2, 0) is 10.0 Å². The molecule has 1 aromatic carbocycles. The fourth-order valence-corrected chi connectivity index (χ4v) is 3.94. The molecule has 1 amide bonds. The molecule has 2 aromatic rings. The highest BCUT2D eigenvalue weighted by Gasteiger charge is 2.18. The molecule has 1 heterocycles. The Bertz CT molecular complexity index is 929. The van der Waals surface area contributed by atoms with Crippen molar-refractivity contribution < 1.29 is 17.6 Å². The van der Waals surface area contributed by atoms with Crippen molar-refractivity contribution in [3.05, 3.63) is 53.5 Å². The van der Waals surface area contributed by atoms with E-state index in [4.69, 9.17) is 0 Å². The van der Waals surface area contributed by atoms with Crippen LogP contribution in [-0.4, -0.2) is 38.4 Å². The largest absolute Gasteiger partial charge is 0.368 e. The number of nitrogens with one attached hydrogen (secondary N) is 3. The van der Waals surface area contributed by atoms with Gasteiger partial charge in [-0.05, 0) is 49.6 Å². The number of hydrogen-bond acceptors (Lipinski definition) is 5.